The predicted molar refractivity (Wildman–Crippen MR) is 125 cm³/mol. The average molecular weight is 393 g/mol. The molecular formula is C26H52N2. The molecule has 0 aromatic carbocycles. The Kier molecular flexibility index (Phi) is 7.41. The lowest BCUT2D eigenvalue weighted by Crippen LogP contribution is -2.50. The molecule has 0 amide bonds. The van der Waals surface area contributed by atoms with E-state index in [-0.39, 0.29) is 0 Å². The fourth-order valence-corrected chi connectivity index (χ4v) is 5.52. The predicted octanol–water partition coefficient (Wildman–Crippen LogP) is 6.51. The zero-order valence-corrected chi connectivity index (χ0v) is 21.0. The van der Waals surface area contributed by atoms with Crippen LogP contribution in [0.5, 0.6) is 0 Å². The Morgan fingerprint density at radius 1 is 0.643 bits per heavy atom. The van der Waals surface area contributed by atoms with Gasteiger partial charge in [-0.1, -0.05) is 69.2 Å². The van der Waals surface area contributed by atoms with E-state index in [1.165, 1.54) is 51.7 Å². The molecule has 2 saturated heterocycles. The van der Waals surface area contributed by atoms with Crippen molar-refractivity contribution in [1.29, 1.82) is 0 Å². The highest BCUT2D eigenvalue weighted by Gasteiger charge is 2.41. The van der Waals surface area contributed by atoms with E-state index < -0.39 is 0 Å². The number of nitrogens with one attached hydrogen (secondary N) is 2. The summed E-state index contributed by atoms with van der Waals surface area (Å²) < 4.78 is 0. The van der Waals surface area contributed by atoms with E-state index >= 15 is 0 Å². The van der Waals surface area contributed by atoms with Crippen LogP contribution in [0.15, 0.2) is 0 Å². The first-order valence-electron chi connectivity index (χ1n) is 12.1. The van der Waals surface area contributed by atoms with Gasteiger partial charge in [0.15, 0.2) is 0 Å². The molecular weight excluding hydrogens is 340 g/mol. The Morgan fingerprint density at radius 3 is 1.75 bits per heavy atom. The summed E-state index contributed by atoms with van der Waals surface area (Å²) in [7, 11) is 0. The third-order valence-electron chi connectivity index (χ3n) is 8.67. The first kappa shape index (κ1) is 24.2. The molecule has 0 saturated carbocycles. The Labute approximate surface area is 177 Å². The molecule has 28 heavy (non-hydrogen) atoms. The van der Waals surface area contributed by atoms with Gasteiger partial charge in [-0.2, -0.15) is 0 Å². The summed E-state index contributed by atoms with van der Waals surface area (Å²) in [6.45, 7) is 28.2. The lowest BCUT2D eigenvalue weighted by Gasteiger charge is -2.47. The van der Waals surface area contributed by atoms with E-state index in [9.17, 15) is 0 Å². The zero-order chi connectivity index (χ0) is 21.4. The third-order valence-corrected chi connectivity index (χ3v) is 8.67. The highest BCUT2D eigenvalue weighted by molar-refractivity contribution is 4.95. The molecule has 0 radical (unpaired) electrons. The molecule has 4 unspecified atom stereocenters. The monoisotopic (exact) mass is 392 g/mol. The van der Waals surface area contributed by atoms with Gasteiger partial charge < -0.3 is 10.6 Å². The summed E-state index contributed by atoms with van der Waals surface area (Å²) in [5, 5.41) is 7.66. The molecule has 4 atom stereocenters. The third kappa shape index (κ3) is 6.21. The lowest BCUT2D eigenvalue weighted by atomic mass is 9.63. The van der Waals surface area contributed by atoms with Crippen molar-refractivity contribution in [3.05, 3.63) is 0 Å². The topological polar surface area (TPSA) is 24.1 Å². The molecule has 166 valence electrons. The lowest BCUT2D eigenvalue weighted by molar-refractivity contribution is 0.0562. The van der Waals surface area contributed by atoms with Gasteiger partial charge in [-0.05, 0) is 91.2 Å². The molecule has 2 rings (SSSR count). The molecule has 0 aliphatic carbocycles. The molecule has 2 heteroatoms. The average Bonchev–Trinajstić information content (AvgIpc) is 2.59. The van der Waals surface area contributed by atoms with Crippen molar-refractivity contribution in [2.45, 2.75) is 107 Å². The van der Waals surface area contributed by atoms with E-state index in [1.54, 1.807) is 0 Å². The number of hydrogen-bond acceptors (Lipinski definition) is 2. The van der Waals surface area contributed by atoms with Gasteiger partial charge in [-0.25, -0.2) is 0 Å². The number of hydrogen-bond donors (Lipinski definition) is 2. The van der Waals surface area contributed by atoms with E-state index in [0.717, 1.165) is 17.8 Å². The van der Waals surface area contributed by atoms with Crippen LogP contribution >= 0.6 is 0 Å². The van der Waals surface area contributed by atoms with E-state index in [1.807, 2.05) is 0 Å². The number of rotatable bonds is 5. The summed E-state index contributed by atoms with van der Waals surface area (Å²) in [5.41, 5.74) is 1.62. The van der Waals surface area contributed by atoms with Crippen molar-refractivity contribution in [2.75, 3.05) is 19.6 Å². The quantitative estimate of drug-likeness (QED) is 0.557. The van der Waals surface area contributed by atoms with Gasteiger partial charge in [0, 0.05) is 6.04 Å². The van der Waals surface area contributed by atoms with Crippen LogP contribution in [0.4, 0.5) is 0 Å². The molecule has 0 aromatic heterocycles. The van der Waals surface area contributed by atoms with Crippen LogP contribution in [0, 0.1) is 39.4 Å². The highest BCUT2D eigenvalue weighted by atomic mass is 14.9. The minimum atomic E-state index is 0.368. The molecule has 0 bridgehead atoms. The molecule has 0 spiro atoms. The van der Waals surface area contributed by atoms with Crippen LogP contribution in [0.2, 0.25) is 0 Å². The van der Waals surface area contributed by atoms with Crippen LogP contribution < -0.4 is 10.6 Å². The SMILES string of the molecule is CC(C)(C)C1CNCC(C(C)(C)CCC(C)(C)C2CC(C(C)(C)C)CCN2)C1. The maximum absolute atomic E-state index is 3.89. The first-order valence-corrected chi connectivity index (χ1v) is 12.1. The van der Waals surface area contributed by atoms with E-state index in [4.69, 9.17) is 0 Å². The maximum Gasteiger partial charge on any atom is 0.0121 e. The minimum absolute atomic E-state index is 0.368. The van der Waals surface area contributed by atoms with Gasteiger partial charge >= 0.3 is 0 Å². The van der Waals surface area contributed by atoms with Gasteiger partial charge in [0.2, 0.25) is 0 Å². The molecule has 0 aromatic rings. The minimum Gasteiger partial charge on any atom is -0.316 e. The van der Waals surface area contributed by atoms with Crippen molar-refractivity contribution in [2.24, 2.45) is 39.4 Å². The van der Waals surface area contributed by atoms with Crippen LogP contribution in [0.25, 0.3) is 0 Å². The second-order valence-electron chi connectivity index (χ2n) is 13.7. The molecule has 2 aliphatic rings. The Balaban J connectivity index is 1.96. The van der Waals surface area contributed by atoms with Gasteiger partial charge in [-0.3, -0.25) is 0 Å². The smallest absolute Gasteiger partial charge is 0.0121 e. The Morgan fingerprint density at radius 2 is 1.18 bits per heavy atom. The molecule has 2 fully saturated rings. The molecule has 2 N–H and O–H groups in total. The van der Waals surface area contributed by atoms with Gasteiger partial charge in [-0.15, -0.1) is 0 Å². The van der Waals surface area contributed by atoms with E-state index in [2.05, 4.69) is 79.9 Å². The highest BCUT2D eigenvalue weighted by Crippen LogP contribution is 2.45. The molecule has 2 nitrogen and oxygen atoms in total. The summed E-state index contributed by atoms with van der Waals surface area (Å²) >= 11 is 0. The maximum atomic E-state index is 3.89. The summed E-state index contributed by atoms with van der Waals surface area (Å²) in [5.74, 6) is 2.44. The molecule has 2 aliphatic heterocycles. The summed E-state index contributed by atoms with van der Waals surface area (Å²) in [6, 6.07) is 0.660. The van der Waals surface area contributed by atoms with Crippen LogP contribution in [-0.2, 0) is 0 Å². The second-order valence-corrected chi connectivity index (χ2v) is 13.7. The number of piperidine rings is 2. The van der Waals surface area contributed by atoms with Gasteiger partial charge in [0.25, 0.3) is 0 Å². The van der Waals surface area contributed by atoms with Crippen LogP contribution in [-0.4, -0.2) is 25.7 Å². The standard InChI is InChI=1S/C26H52N2/c1-23(2,3)19-11-14-28-22(16-19)26(9,10)13-12-25(7,8)21-15-20(17-27-18-21)24(4,5)6/h19-22,27-28H,11-18H2,1-10H3. The van der Waals surface area contributed by atoms with Crippen molar-refractivity contribution in [1.82, 2.24) is 10.6 Å². The molecule has 2 heterocycles. The van der Waals surface area contributed by atoms with Crippen molar-refractivity contribution < 1.29 is 0 Å². The van der Waals surface area contributed by atoms with Crippen molar-refractivity contribution in [3.8, 4) is 0 Å². The van der Waals surface area contributed by atoms with E-state index in [0.29, 0.717) is 27.7 Å². The summed E-state index contributed by atoms with van der Waals surface area (Å²) in [6.07, 6.45) is 6.72. The normalized spacial score (nSPS) is 31.1. The fourth-order valence-electron chi connectivity index (χ4n) is 5.52. The van der Waals surface area contributed by atoms with Crippen LogP contribution in [0.1, 0.15) is 101 Å². The van der Waals surface area contributed by atoms with Gasteiger partial charge in [0.05, 0.1) is 0 Å². The van der Waals surface area contributed by atoms with Crippen LogP contribution in [0.3, 0.4) is 0 Å². The summed E-state index contributed by atoms with van der Waals surface area (Å²) in [4.78, 5) is 0. The largest absolute Gasteiger partial charge is 0.316 e. The Hall–Kier alpha value is -0.0800. The van der Waals surface area contributed by atoms with Crippen molar-refractivity contribution >= 4 is 0 Å². The van der Waals surface area contributed by atoms with Gasteiger partial charge in [0.1, 0.15) is 0 Å². The zero-order valence-electron chi connectivity index (χ0n) is 21.0. The second kappa shape index (κ2) is 8.58. The Bertz CT molecular complexity index is 446. The fraction of sp³-hybridized carbons (Fsp3) is 1.00. The first-order chi connectivity index (χ1) is 12.6. The van der Waals surface area contributed by atoms with Crippen molar-refractivity contribution in [3.63, 3.8) is 0 Å².